The van der Waals surface area contributed by atoms with E-state index in [0.717, 1.165) is 21.9 Å². The molecule has 0 fully saturated rings. The molecular formula is C14H7ClN2O. The minimum absolute atomic E-state index is 0.557. The molecule has 4 aromatic rings. The van der Waals surface area contributed by atoms with Gasteiger partial charge in [0.2, 0.25) is 5.71 Å². The van der Waals surface area contributed by atoms with Gasteiger partial charge in [-0.2, -0.15) is 0 Å². The van der Waals surface area contributed by atoms with Crippen molar-refractivity contribution in [2.45, 2.75) is 0 Å². The number of hydrogen-bond donors (Lipinski definition) is 0. The zero-order valence-corrected chi connectivity index (χ0v) is 9.98. The van der Waals surface area contributed by atoms with Gasteiger partial charge < -0.3 is 4.42 Å². The summed E-state index contributed by atoms with van der Waals surface area (Å²) in [7, 11) is 0. The maximum absolute atomic E-state index is 6.43. The van der Waals surface area contributed by atoms with E-state index in [1.807, 2.05) is 36.4 Å². The minimum Gasteiger partial charge on any atom is -0.438 e. The standard InChI is InChI=1S/C14H7ClN2O/c15-12-11-8-4-1-2-6-10(8)18-14(11)17-9-5-3-7-16-13(9)12/h1-7H. The van der Waals surface area contributed by atoms with E-state index >= 15 is 0 Å². The molecule has 0 aliphatic rings. The number of benzene rings is 1. The highest BCUT2D eigenvalue weighted by molar-refractivity contribution is 6.41. The molecule has 3 aromatic heterocycles. The van der Waals surface area contributed by atoms with E-state index in [2.05, 4.69) is 9.97 Å². The summed E-state index contributed by atoms with van der Waals surface area (Å²) >= 11 is 6.43. The summed E-state index contributed by atoms with van der Waals surface area (Å²) in [4.78, 5) is 8.74. The molecule has 86 valence electrons. The van der Waals surface area contributed by atoms with Gasteiger partial charge in [0.25, 0.3) is 0 Å². The van der Waals surface area contributed by atoms with Crippen molar-refractivity contribution >= 4 is 44.7 Å². The SMILES string of the molecule is Clc1c2ncccc2nc2oc3ccccc3c12. The molecule has 0 atom stereocenters. The number of nitrogens with zero attached hydrogens (tertiary/aromatic N) is 2. The number of rotatable bonds is 0. The smallest absolute Gasteiger partial charge is 0.229 e. The number of furan rings is 1. The Kier molecular flexibility index (Phi) is 1.88. The fraction of sp³-hybridized carbons (Fsp3) is 0. The summed E-state index contributed by atoms with van der Waals surface area (Å²) < 4.78 is 5.72. The Hall–Kier alpha value is -2.13. The Balaban J connectivity index is 2.34. The zero-order chi connectivity index (χ0) is 12.1. The molecule has 3 heterocycles. The second-order valence-corrected chi connectivity index (χ2v) is 4.45. The van der Waals surface area contributed by atoms with E-state index in [0.29, 0.717) is 16.3 Å². The molecule has 4 heteroatoms. The van der Waals surface area contributed by atoms with Crippen LogP contribution in [0.1, 0.15) is 0 Å². The van der Waals surface area contributed by atoms with Gasteiger partial charge in [-0.3, -0.25) is 4.98 Å². The summed E-state index contributed by atoms with van der Waals surface area (Å²) in [5.41, 5.74) is 2.80. The number of pyridine rings is 2. The van der Waals surface area contributed by atoms with Crippen LogP contribution in [0.2, 0.25) is 5.02 Å². The van der Waals surface area contributed by atoms with Gasteiger partial charge in [0.15, 0.2) is 0 Å². The van der Waals surface area contributed by atoms with Crippen LogP contribution in [-0.2, 0) is 0 Å². The summed E-state index contributed by atoms with van der Waals surface area (Å²) in [6.45, 7) is 0. The van der Waals surface area contributed by atoms with Gasteiger partial charge >= 0.3 is 0 Å². The predicted molar refractivity (Wildman–Crippen MR) is 71.8 cm³/mol. The molecule has 0 saturated carbocycles. The second kappa shape index (κ2) is 3.43. The lowest BCUT2D eigenvalue weighted by atomic mass is 10.2. The lowest BCUT2D eigenvalue weighted by molar-refractivity contribution is 0.656. The third-order valence-corrected chi connectivity index (χ3v) is 3.38. The van der Waals surface area contributed by atoms with Crippen LogP contribution in [0.5, 0.6) is 0 Å². The van der Waals surface area contributed by atoms with Gasteiger partial charge in [-0.25, -0.2) is 4.98 Å². The number of fused-ring (bicyclic) bond motifs is 4. The van der Waals surface area contributed by atoms with Gasteiger partial charge in [0.1, 0.15) is 11.1 Å². The lowest BCUT2D eigenvalue weighted by Crippen LogP contribution is -1.84. The second-order valence-electron chi connectivity index (χ2n) is 4.08. The monoisotopic (exact) mass is 254 g/mol. The van der Waals surface area contributed by atoms with Crippen molar-refractivity contribution in [3.05, 3.63) is 47.6 Å². The summed E-state index contributed by atoms with van der Waals surface area (Å²) in [5, 5.41) is 2.40. The van der Waals surface area contributed by atoms with Crippen LogP contribution in [0.3, 0.4) is 0 Å². The van der Waals surface area contributed by atoms with Gasteiger partial charge in [0, 0.05) is 11.6 Å². The third kappa shape index (κ3) is 1.19. The molecule has 0 saturated heterocycles. The highest BCUT2D eigenvalue weighted by Gasteiger charge is 2.14. The largest absolute Gasteiger partial charge is 0.438 e. The molecule has 3 nitrogen and oxygen atoms in total. The normalized spacial score (nSPS) is 11.6. The van der Waals surface area contributed by atoms with Crippen molar-refractivity contribution in [3.8, 4) is 0 Å². The van der Waals surface area contributed by atoms with E-state index in [4.69, 9.17) is 16.0 Å². The fourth-order valence-corrected chi connectivity index (χ4v) is 2.54. The molecule has 18 heavy (non-hydrogen) atoms. The molecule has 1 aromatic carbocycles. The summed E-state index contributed by atoms with van der Waals surface area (Å²) in [5.74, 6) is 0. The van der Waals surface area contributed by atoms with Crippen LogP contribution in [0.4, 0.5) is 0 Å². The first-order chi connectivity index (χ1) is 8.84. The first-order valence-corrected chi connectivity index (χ1v) is 5.94. The zero-order valence-electron chi connectivity index (χ0n) is 9.22. The summed E-state index contributed by atoms with van der Waals surface area (Å²) in [6.07, 6.45) is 1.71. The van der Waals surface area contributed by atoms with Gasteiger partial charge in [0.05, 0.1) is 15.9 Å². The molecule has 0 unspecified atom stereocenters. The Morgan fingerprint density at radius 2 is 1.94 bits per heavy atom. The van der Waals surface area contributed by atoms with Crippen molar-refractivity contribution in [1.82, 2.24) is 9.97 Å². The van der Waals surface area contributed by atoms with Crippen molar-refractivity contribution in [1.29, 1.82) is 0 Å². The minimum atomic E-state index is 0.557. The third-order valence-electron chi connectivity index (χ3n) is 3.01. The highest BCUT2D eigenvalue weighted by atomic mass is 35.5. The molecule has 0 aliphatic carbocycles. The quantitative estimate of drug-likeness (QED) is 0.472. The van der Waals surface area contributed by atoms with E-state index in [1.165, 1.54) is 0 Å². The average molecular weight is 255 g/mol. The topological polar surface area (TPSA) is 38.9 Å². The molecule has 4 rings (SSSR count). The highest BCUT2D eigenvalue weighted by Crippen LogP contribution is 2.36. The van der Waals surface area contributed by atoms with Crippen molar-refractivity contribution in [2.75, 3.05) is 0 Å². The first-order valence-electron chi connectivity index (χ1n) is 5.56. The number of halogens is 1. The Labute approximate surface area is 107 Å². The first kappa shape index (κ1) is 9.85. The maximum atomic E-state index is 6.43. The van der Waals surface area contributed by atoms with Crippen molar-refractivity contribution in [3.63, 3.8) is 0 Å². The van der Waals surface area contributed by atoms with Gasteiger partial charge in [-0.05, 0) is 18.2 Å². The van der Waals surface area contributed by atoms with Crippen LogP contribution in [0.15, 0.2) is 47.0 Å². The summed E-state index contributed by atoms with van der Waals surface area (Å²) in [6, 6.07) is 11.5. The molecule has 0 radical (unpaired) electrons. The Morgan fingerprint density at radius 3 is 2.89 bits per heavy atom. The van der Waals surface area contributed by atoms with E-state index in [9.17, 15) is 0 Å². The van der Waals surface area contributed by atoms with E-state index in [-0.39, 0.29) is 0 Å². The van der Waals surface area contributed by atoms with E-state index < -0.39 is 0 Å². The fourth-order valence-electron chi connectivity index (χ4n) is 2.21. The molecule has 0 amide bonds. The lowest BCUT2D eigenvalue weighted by Gasteiger charge is -1.99. The van der Waals surface area contributed by atoms with E-state index in [1.54, 1.807) is 6.20 Å². The molecule has 0 N–H and O–H groups in total. The molecule has 0 bridgehead atoms. The van der Waals surface area contributed by atoms with Crippen LogP contribution in [0, 0.1) is 0 Å². The Morgan fingerprint density at radius 1 is 1.06 bits per heavy atom. The van der Waals surface area contributed by atoms with Crippen LogP contribution in [-0.4, -0.2) is 9.97 Å². The molecule has 0 spiro atoms. The predicted octanol–water partition coefficient (Wildman–Crippen LogP) is 4.18. The van der Waals surface area contributed by atoms with Gasteiger partial charge in [-0.15, -0.1) is 0 Å². The van der Waals surface area contributed by atoms with Crippen molar-refractivity contribution < 1.29 is 4.42 Å². The van der Waals surface area contributed by atoms with Crippen molar-refractivity contribution in [2.24, 2.45) is 0 Å². The molecule has 0 aliphatic heterocycles. The maximum Gasteiger partial charge on any atom is 0.229 e. The average Bonchev–Trinajstić information content (AvgIpc) is 2.77. The van der Waals surface area contributed by atoms with Crippen LogP contribution < -0.4 is 0 Å². The van der Waals surface area contributed by atoms with Crippen LogP contribution in [0.25, 0.3) is 33.1 Å². The van der Waals surface area contributed by atoms with Crippen LogP contribution >= 0.6 is 11.6 Å². The Bertz CT molecular complexity index is 898. The number of aromatic nitrogens is 2. The molecular weight excluding hydrogens is 248 g/mol. The number of para-hydroxylation sites is 1. The number of hydrogen-bond acceptors (Lipinski definition) is 3. The van der Waals surface area contributed by atoms with Gasteiger partial charge in [-0.1, -0.05) is 29.8 Å².